The van der Waals surface area contributed by atoms with E-state index in [2.05, 4.69) is 31.4 Å². The average molecular weight is 298 g/mol. The molecule has 0 aliphatic heterocycles. The van der Waals surface area contributed by atoms with Gasteiger partial charge in [-0.3, -0.25) is 5.10 Å². The number of H-pyrrole nitrogens is 1. The van der Waals surface area contributed by atoms with Gasteiger partial charge in [-0.15, -0.1) is 0 Å². The summed E-state index contributed by atoms with van der Waals surface area (Å²) in [6.45, 7) is 3.69. The van der Waals surface area contributed by atoms with Gasteiger partial charge >= 0.3 is 0 Å². The smallest absolute Gasteiger partial charge is 0.124 e. The molecule has 5 heteroatoms. The highest BCUT2D eigenvalue weighted by atomic mass is 79.9. The van der Waals surface area contributed by atoms with Crippen molar-refractivity contribution in [3.8, 4) is 11.3 Å². The maximum absolute atomic E-state index is 13.0. The molecular formula is C12H13BrFN3. The second-order valence-corrected chi connectivity index (χ2v) is 4.53. The number of rotatable bonds is 4. The zero-order chi connectivity index (χ0) is 12.3. The first kappa shape index (κ1) is 12.3. The summed E-state index contributed by atoms with van der Waals surface area (Å²) in [5.74, 6) is -0.256. The Morgan fingerprint density at radius 1 is 1.47 bits per heavy atom. The average Bonchev–Trinajstić information content (AvgIpc) is 2.74. The molecule has 0 aliphatic carbocycles. The molecule has 2 rings (SSSR count). The molecule has 2 aromatic rings. The zero-order valence-corrected chi connectivity index (χ0v) is 11.0. The molecule has 1 aromatic carbocycles. The lowest BCUT2D eigenvalue weighted by atomic mass is 10.1. The lowest BCUT2D eigenvalue weighted by Gasteiger charge is -2.06. The van der Waals surface area contributed by atoms with Gasteiger partial charge in [0.15, 0.2) is 0 Å². The van der Waals surface area contributed by atoms with Crippen LogP contribution in [0.4, 0.5) is 4.39 Å². The summed E-state index contributed by atoms with van der Waals surface area (Å²) in [5, 5.41) is 10.2. The summed E-state index contributed by atoms with van der Waals surface area (Å²) in [7, 11) is 0. The van der Waals surface area contributed by atoms with Crippen LogP contribution in [-0.4, -0.2) is 16.7 Å². The van der Waals surface area contributed by atoms with Crippen LogP contribution in [0.2, 0.25) is 0 Å². The number of nitrogens with one attached hydrogen (secondary N) is 2. The molecular weight excluding hydrogens is 285 g/mol. The third-order valence-corrected chi connectivity index (χ3v) is 3.14. The predicted octanol–water partition coefficient (Wildman–Crippen LogP) is 3.09. The number of benzene rings is 1. The SMILES string of the molecule is CCNCc1cn[nH]c1-c1ccc(F)cc1Br. The molecule has 1 aromatic heterocycles. The molecule has 0 spiro atoms. The first-order valence-corrected chi connectivity index (χ1v) is 6.20. The molecule has 0 atom stereocenters. The van der Waals surface area contributed by atoms with Crippen molar-refractivity contribution in [2.24, 2.45) is 0 Å². The van der Waals surface area contributed by atoms with Crippen LogP contribution in [0.1, 0.15) is 12.5 Å². The molecule has 0 amide bonds. The first-order chi connectivity index (χ1) is 8.22. The largest absolute Gasteiger partial charge is 0.313 e. The van der Waals surface area contributed by atoms with E-state index in [1.807, 2.05) is 6.92 Å². The van der Waals surface area contributed by atoms with E-state index in [0.717, 1.165) is 34.4 Å². The molecule has 0 radical (unpaired) electrons. The second-order valence-electron chi connectivity index (χ2n) is 3.67. The highest BCUT2D eigenvalue weighted by molar-refractivity contribution is 9.10. The van der Waals surface area contributed by atoms with Gasteiger partial charge in [0.1, 0.15) is 5.82 Å². The standard InChI is InChI=1S/C12H13BrFN3/c1-2-15-6-8-7-16-17-12(8)10-4-3-9(14)5-11(10)13/h3-5,7,15H,2,6H2,1H3,(H,16,17). The Morgan fingerprint density at radius 3 is 3.00 bits per heavy atom. The van der Waals surface area contributed by atoms with Gasteiger partial charge in [0, 0.05) is 22.1 Å². The topological polar surface area (TPSA) is 40.7 Å². The molecule has 2 N–H and O–H groups in total. The summed E-state index contributed by atoms with van der Waals surface area (Å²) in [6, 6.07) is 4.63. The van der Waals surface area contributed by atoms with Gasteiger partial charge in [-0.1, -0.05) is 6.92 Å². The van der Waals surface area contributed by atoms with Gasteiger partial charge in [-0.25, -0.2) is 4.39 Å². The van der Waals surface area contributed by atoms with Crippen LogP contribution in [0.25, 0.3) is 11.3 Å². The summed E-state index contributed by atoms with van der Waals surface area (Å²) < 4.78 is 13.7. The number of nitrogens with zero attached hydrogens (tertiary/aromatic N) is 1. The van der Waals surface area contributed by atoms with Gasteiger partial charge in [0.25, 0.3) is 0 Å². The van der Waals surface area contributed by atoms with Gasteiger partial charge in [0.2, 0.25) is 0 Å². The quantitative estimate of drug-likeness (QED) is 0.910. The number of aromatic amines is 1. The van der Waals surface area contributed by atoms with Gasteiger partial charge in [-0.05, 0) is 40.7 Å². The fourth-order valence-corrected chi connectivity index (χ4v) is 2.18. The summed E-state index contributed by atoms with van der Waals surface area (Å²) >= 11 is 3.36. The molecule has 0 saturated carbocycles. The minimum absolute atomic E-state index is 0.256. The Kier molecular flexibility index (Phi) is 3.91. The molecule has 90 valence electrons. The van der Waals surface area contributed by atoms with Crippen molar-refractivity contribution in [3.63, 3.8) is 0 Å². The first-order valence-electron chi connectivity index (χ1n) is 5.40. The van der Waals surface area contributed by atoms with Crippen molar-refractivity contribution < 1.29 is 4.39 Å². The minimum Gasteiger partial charge on any atom is -0.313 e. The lowest BCUT2D eigenvalue weighted by Crippen LogP contribution is -2.11. The van der Waals surface area contributed by atoms with Crippen LogP contribution in [0.5, 0.6) is 0 Å². The maximum Gasteiger partial charge on any atom is 0.124 e. The fourth-order valence-electron chi connectivity index (χ4n) is 1.63. The number of hydrogen-bond donors (Lipinski definition) is 2. The Hall–Kier alpha value is -1.20. The summed E-state index contributed by atoms with van der Waals surface area (Å²) in [6.07, 6.45) is 1.79. The Labute approximate surface area is 108 Å². The molecule has 0 saturated heterocycles. The fraction of sp³-hybridized carbons (Fsp3) is 0.250. The van der Waals surface area contributed by atoms with E-state index in [1.165, 1.54) is 12.1 Å². The van der Waals surface area contributed by atoms with E-state index in [9.17, 15) is 4.39 Å². The molecule has 1 heterocycles. The van der Waals surface area contributed by atoms with E-state index < -0.39 is 0 Å². The third-order valence-electron chi connectivity index (χ3n) is 2.48. The summed E-state index contributed by atoms with van der Waals surface area (Å²) in [5.41, 5.74) is 2.90. The van der Waals surface area contributed by atoms with Crippen LogP contribution in [0.15, 0.2) is 28.9 Å². The van der Waals surface area contributed by atoms with Crippen LogP contribution in [-0.2, 0) is 6.54 Å². The summed E-state index contributed by atoms with van der Waals surface area (Å²) in [4.78, 5) is 0. The Morgan fingerprint density at radius 2 is 2.29 bits per heavy atom. The van der Waals surface area contributed by atoms with Crippen LogP contribution < -0.4 is 5.32 Å². The molecule has 3 nitrogen and oxygen atoms in total. The number of hydrogen-bond acceptors (Lipinski definition) is 2. The maximum atomic E-state index is 13.0. The van der Waals surface area contributed by atoms with Crippen molar-refractivity contribution in [2.75, 3.05) is 6.54 Å². The van der Waals surface area contributed by atoms with Crippen molar-refractivity contribution in [1.82, 2.24) is 15.5 Å². The Balaban J connectivity index is 2.35. The van der Waals surface area contributed by atoms with Crippen molar-refractivity contribution in [3.05, 3.63) is 40.2 Å². The molecule has 0 unspecified atom stereocenters. The lowest BCUT2D eigenvalue weighted by molar-refractivity contribution is 0.627. The Bertz CT molecular complexity index is 510. The number of aromatic nitrogens is 2. The highest BCUT2D eigenvalue weighted by Crippen LogP contribution is 2.29. The van der Waals surface area contributed by atoms with E-state index in [0.29, 0.717) is 0 Å². The molecule has 0 aliphatic rings. The number of halogens is 2. The second kappa shape index (κ2) is 5.42. The third kappa shape index (κ3) is 2.73. The van der Waals surface area contributed by atoms with Crippen molar-refractivity contribution in [1.29, 1.82) is 0 Å². The monoisotopic (exact) mass is 297 g/mol. The normalized spacial score (nSPS) is 10.8. The molecule has 0 bridgehead atoms. The van der Waals surface area contributed by atoms with E-state index in [-0.39, 0.29) is 5.82 Å². The molecule has 17 heavy (non-hydrogen) atoms. The van der Waals surface area contributed by atoms with Gasteiger partial charge in [0.05, 0.1) is 11.9 Å². The van der Waals surface area contributed by atoms with Crippen LogP contribution in [0, 0.1) is 5.82 Å². The van der Waals surface area contributed by atoms with Crippen LogP contribution in [0.3, 0.4) is 0 Å². The van der Waals surface area contributed by atoms with Crippen molar-refractivity contribution in [2.45, 2.75) is 13.5 Å². The van der Waals surface area contributed by atoms with Gasteiger partial charge in [-0.2, -0.15) is 5.10 Å². The van der Waals surface area contributed by atoms with E-state index in [4.69, 9.17) is 0 Å². The molecule has 0 fully saturated rings. The zero-order valence-electron chi connectivity index (χ0n) is 9.43. The van der Waals surface area contributed by atoms with E-state index in [1.54, 1.807) is 12.3 Å². The predicted molar refractivity (Wildman–Crippen MR) is 69.1 cm³/mol. The van der Waals surface area contributed by atoms with Gasteiger partial charge < -0.3 is 5.32 Å². The highest BCUT2D eigenvalue weighted by Gasteiger charge is 2.10. The van der Waals surface area contributed by atoms with Crippen LogP contribution >= 0.6 is 15.9 Å². The van der Waals surface area contributed by atoms with E-state index >= 15 is 0 Å². The van der Waals surface area contributed by atoms with Crippen molar-refractivity contribution >= 4 is 15.9 Å². The minimum atomic E-state index is -0.256.